The molecule has 35 heavy (non-hydrogen) atoms. The summed E-state index contributed by atoms with van der Waals surface area (Å²) < 4.78 is 0. The maximum absolute atomic E-state index is 13.0. The van der Waals surface area contributed by atoms with Gasteiger partial charge in [0.25, 0.3) is 0 Å². The number of allylic oxidation sites excluding steroid dienone is 3. The molecule has 1 saturated heterocycles. The van der Waals surface area contributed by atoms with Crippen molar-refractivity contribution in [3.8, 4) is 6.07 Å². The first-order chi connectivity index (χ1) is 17.1. The average Bonchev–Trinajstić information content (AvgIpc) is 3.10. The Hall–Kier alpha value is -3.51. The molecular weight excluding hydrogens is 440 g/mol. The molecule has 1 aliphatic rings. The third kappa shape index (κ3) is 8.65. The van der Waals surface area contributed by atoms with E-state index in [2.05, 4.69) is 26.6 Å². The molecule has 8 heteroatoms. The summed E-state index contributed by atoms with van der Waals surface area (Å²) >= 11 is 0. The summed E-state index contributed by atoms with van der Waals surface area (Å²) in [5, 5.41) is 17.1. The lowest BCUT2D eigenvalue weighted by Crippen LogP contribution is -2.41. The molecule has 2 heterocycles. The number of hydroxylamine groups is 2. The average molecular weight is 475 g/mol. The van der Waals surface area contributed by atoms with Crippen LogP contribution in [0.25, 0.3) is 0 Å². The van der Waals surface area contributed by atoms with E-state index in [4.69, 9.17) is 10.1 Å². The number of nitrogens with one attached hydrogen (secondary N) is 2. The molecule has 1 fully saturated rings. The molecule has 1 unspecified atom stereocenters. The Morgan fingerprint density at radius 1 is 1.20 bits per heavy atom. The summed E-state index contributed by atoms with van der Waals surface area (Å²) in [4.78, 5) is 25.3. The SMILES string of the molecule is C/C=C\C=C/CC(NCCc1ccc(C#N)cc1)C(=O)Nc1ccc(N2CCON(C)CC2)cn1. The van der Waals surface area contributed by atoms with E-state index in [9.17, 15) is 4.79 Å². The first-order valence-electron chi connectivity index (χ1n) is 11.9. The van der Waals surface area contributed by atoms with Crippen LogP contribution in [0.4, 0.5) is 11.5 Å². The number of carbonyl (C=O) groups is 1. The van der Waals surface area contributed by atoms with E-state index in [-0.39, 0.29) is 5.91 Å². The van der Waals surface area contributed by atoms with E-state index in [0.717, 1.165) is 37.3 Å². The summed E-state index contributed by atoms with van der Waals surface area (Å²) in [5.41, 5.74) is 2.76. The third-order valence-electron chi connectivity index (χ3n) is 5.74. The number of carbonyl (C=O) groups excluding carboxylic acids is 1. The lowest BCUT2D eigenvalue weighted by molar-refractivity contribution is -0.126. The molecule has 2 aromatic rings. The second-order valence-electron chi connectivity index (χ2n) is 8.32. The molecule has 0 bridgehead atoms. The lowest BCUT2D eigenvalue weighted by Gasteiger charge is -2.22. The molecule has 3 rings (SSSR count). The van der Waals surface area contributed by atoms with Crippen LogP contribution < -0.4 is 15.5 Å². The van der Waals surface area contributed by atoms with Gasteiger partial charge in [-0.15, -0.1) is 0 Å². The van der Waals surface area contributed by atoms with Gasteiger partial charge in [-0.05, 0) is 56.1 Å². The summed E-state index contributed by atoms with van der Waals surface area (Å²) in [6.45, 7) is 5.69. The molecule has 0 radical (unpaired) electrons. The number of nitrogens with zero attached hydrogens (tertiary/aromatic N) is 4. The summed E-state index contributed by atoms with van der Waals surface area (Å²) in [6.07, 6.45) is 10.9. The van der Waals surface area contributed by atoms with Crippen LogP contribution in [0.3, 0.4) is 0 Å². The Kier molecular flexibility index (Phi) is 10.5. The number of hydrogen-bond donors (Lipinski definition) is 2. The molecule has 0 aliphatic carbocycles. The Morgan fingerprint density at radius 2 is 2.03 bits per heavy atom. The van der Waals surface area contributed by atoms with Gasteiger partial charge in [-0.3, -0.25) is 9.63 Å². The van der Waals surface area contributed by atoms with E-state index in [1.54, 1.807) is 6.20 Å². The predicted octanol–water partition coefficient (Wildman–Crippen LogP) is 3.30. The molecule has 184 valence electrons. The topological polar surface area (TPSA) is 93.5 Å². The van der Waals surface area contributed by atoms with Gasteiger partial charge in [0.15, 0.2) is 0 Å². The van der Waals surface area contributed by atoms with Crippen LogP contribution in [0.15, 0.2) is 66.9 Å². The van der Waals surface area contributed by atoms with Gasteiger partial charge in [-0.2, -0.15) is 10.3 Å². The number of aromatic nitrogens is 1. The third-order valence-corrected chi connectivity index (χ3v) is 5.74. The number of nitriles is 1. The molecule has 1 aliphatic heterocycles. The van der Waals surface area contributed by atoms with E-state index in [1.165, 1.54) is 0 Å². The number of rotatable bonds is 10. The normalized spacial score (nSPS) is 15.7. The van der Waals surface area contributed by atoms with Crippen molar-refractivity contribution < 1.29 is 9.63 Å². The molecule has 8 nitrogen and oxygen atoms in total. The number of anilines is 2. The van der Waals surface area contributed by atoms with Crippen LogP contribution in [0, 0.1) is 11.3 Å². The molecular formula is C27H34N6O2. The summed E-state index contributed by atoms with van der Waals surface area (Å²) in [6, 6.07) is 13.1. The monoisotopic (exact) mass is 474 g/mol. The number of benzene rings is 1. The van der Waals surface area contributed by atoms with E-state index in [0.29, 0.717) is 31.0 Å². The molecule has 2 N–H and O–H groups in total. The van der Waals surface area contributed by atoms with Gasteiger partial charge in [0, 0.05) is 26.7 Å². The minimum atomic E-state index is -0.394. The van der Waals surface area contributed by atoms with E-state index < -0.39 is 6.04 Å². The molecule has 1 atom stereocenters. The zero-order valence-electron chi connectivity index (χ0n) is 20.5. The fourth-order valence-electron chi connectivity index (χ4n) is 3.69. The van der Waals surface area contributed by atoms with Crippen molar-refractivity contribution in [2.45, 2.75) is 25.8 Å². The first kappa shape index (κ1) is 26.1. The van der Waals surface area contributed by atoms with Crippen LogP contribution in [-0.2, 0) is 16.1 Å². The van der Waals surface area contributed by atoms with Gasteiger partial charge in [0.1, 0.15) is 5.82 Å². The Morgan fingerprint density at radius 3 is 2.74 bits per heavy atom. The second-order valence-corrected chi connectivity index (χ2v) is 8.32. The van der Waals surface area contributed by atoms with Crippen LogP contribution in [0.5, 0.6) is 0 Å². The number of hydrogen-bond acceptors (Lipinski definition) is 7. The van der Waals surface area contributed by atoms with Crippen molar-refractivity contribution >= 4 is 17.4 Å². The highest BCUT2D eigenvalue weighted by molar-refractivity contribution is 5.94. The number of amides is 1. The van der Waals surface area contributed by atoms with Gasteiger partial charge in [-0.25, -0.2) is 4.98 Å². The quantitative estimate of drug-likeness (QED) is 0.510. The largest absolute Gasteiger partial charge is 0.367 e. The highest BCUT2D eigenvalue weighted by atomic mass is 16.7. The van der Waals surface area contributed by atoms with Gasteiger partial charge in [0.2, 0.25) is 5.91 Å². The van der Waals surface area contributed by atoms with Crippen molar-refractivity contribution in [2.75, 3.05) is 50.1 Å². The van der Waals surface area contributed by atoms with Crippen LogP contribution in [0.1, 0.15) is 24.5 Å². The summed E-state index contributed by atoms with van der Waals surface area (Å²) in [7, 11) is 1.93. The Labute approximate surface area is 207 Å². The molecule has 1 aromatic heterocycles. The maximum atomic E-state index is 13.0. The molecule has 0 saturated carbocycles. The van der Waals surface area contributed by atoms with E-state index >= 15 is 0 Å². The minimum Gasteiger partial charge on any atom is -0.367 e. The van der Waals surface area contributed by atoms with Crippen LogP contribution >= 0.6 is 0 Å². The molecule has 1 aromatic carbocycles. The maximum Gasteiger partial charge on any atom is 0.242 e. The van der Waals surface area contributed by atoms with Gasteiger partial charge in [-0.1, -0.05) is 36.4 Å². The smallest absolute Gasteiger partial charge is 0.242 e. The zero-order valence-corrected chi connectivity index (χ0v) is 20.5. The van der Waals surface area contributed by atoms with Crippen LogP contribution in [-0.4, -0.2) is 61.8 Å². The Balaban J connectivity index is 1.57. The fourth-order valence-corrected chi connectivity index (χ4v) is 3.69. The van der Waals surface area contributed by atoms with Gasteiger partial charge >= 0.3 is 0 Å². The van der Waals surface area contributed by atoms with Gasteiger partial charge in [0.05, 0.1) is 36.2 Å². The number of likely N-dealkylation sites (N-methyl/N-ethyl adjacent to an activating group) is 1. The van der Waals surface area contributed by atoms with Crippen molar-refractivity contribution in [3.05, 3.63) is 78.0 Å². The minimum absolute atomic E-state index is 0.125. The lowest BCUT2D eigenvalue weighted by atomic mass is 10.1. The van der Waals surface area contributed by atoms with Crippen molar-refractivity contribution in [1.29, 1.82) is 5.26 Å². The zero-order chi connectivity index (χ0) is 24.9. The van der Waals surface area contributed by atoms with Gasteiger partial charge < -0.3 is 15.5 Å². The van der Waals surface area contributed by atoms with Crippen molar-refractivity contribution in [3.63, 3.8) is 0 Å². The fraction of sp³-hybridized carbons (Fsp3) is 0.370. The van der Waals surface area contributed by atoms with Crippen LogP contribution in [0.2, 0.25) is 0 Å². The molecule has 1 amide bonds. The van der Waals surface area contributed by atoms with Crippen molar-refractivity contribution in [1.82, 2.24) is 15.4 Å². The Bertz CT molecular complexity index is 1030. The first-order valence-corrected chi connectivity index (χ1v) is 11.9. The summed E-state index contributed by atoms with van der Waals surface area (Å²) in [5.74, 6) is 0.401. The number of pyridine rings is 1. The highest BCUT2D eigenvalue weighted by Crippen LogP contribution is 2.17. The van der Waals surface area contributed by atoms with Crippen molar-refractivity contribution in [2.24, 2.45) is 0 Å². The molecule has 0 spiro atoms. The standard InChI is InChI=1S/C27H34N6O2/c1-3-4-5-6-7-25(29-15-14-22-8-10-23(20-28)11-9-22)27(34)31-26-13-12-24(21-30-26)33-17-16-32(2)35-19-18-33/h3-6,8-13,21,25,29H,7,14-19H2,1-2H3,(H,30,31,34)/b4-3-,6-5-. The second kappa shape index (κ2) is 14.0. The highest BCUT2D eigenvalue weighted by Gasteiger charge is 2.18. The van der Waals surface area contributed by atoms with E-state index in [1.807, 2.05) is 79.7 Å². The predicted molar refractivity (Wildman–Crippen MR) is 139 cm³/mol.